The van der Waals surface area contributed by atoms with E-state index in [0.29, 0.717) is 5.75 Å². The maximum Gasteiger partial charge on any atom is 0.200 e. The molecule has 0 saturated carbocycles. The van der Waals surface area contributed by atoms with Crippen molar-refractivity contribution in [3.8, 4) is 0 Å². The largest absolute Gasteiger partial charge is 0.393 e. The molecule has 0 fully saturated rings. The third-order valence-corrected chi connectivity index (χ3v) is 3.27. The van der Waals surface area contributed by atoms with Gasteiger partial charge in [0.15, 0.2) is 8.91 Å². The molecule has 2 nitrogen and oxygen atoms in total. The highest BCUT2D eigenvalue weighted by atomic mass is 35.6. The van der Waals surface area contributed by atoms with Crippen LogP contribution in [0.25, 0.3) is 0 Å². The number of thioether (sulfide) groups is 1. The molecule has 0 heterocycles. The van der Waals surface area contributed by atoms with Crippen molar-refractivity contribution in [2.24, 2.45) is 11.7 Å². The van der Waals surface area contributed by atoms with Gasteiger partial charge in [0.1, 0.15) is 0 Å². The average molecular weight is 295 g/mol. The summed E-state index contributed by atoms with van der Waals surface area (Å²) in [7, 11) is 0. The highest BCUT2D eigenvalue weighted by Crippen LogP contribution is 2.38. The van der Waals surface area contributed by atoms with E-state index >= 15 is 0 Å². The van der Waals surface area contributed by atoms with E-state index in [0.717, 1.165) is 11.8 Å². The Balaban J connectivity index is 4.40. The molecule has 0 aliphatic heterocycles. The predicted octanol–water partition coefficient (Wildman–Crippen LogP) is 2.93. The number of hydrogen-bond donors (Lipinski definition) is 1. The van der Waals surface area contributed by atoms with Crippen LogP contribution in [0.1, 0.15) is 13.3 Å². The third kappa shape index (κ3) is 5.61. The van der Waals surface area contributed by atoms with Crippen molar-refractivity contribution in [1.29, 1.82) is 0 Å². The summed E-state index contributed by atoms with van der Waals surface area (Å²) < 4.78 is -1.62. The molecule has 1 atom stereocenters. The molecule has 0 rings (SSSR count). The molecule has 0 aliphatic rings. The first-order valence-corrected chi connectivity index (χ1v) is 6.33. The molecule has 7 heteroatoms. The lowest BCUT2D eigenvalue weighted by Gasteiger charge is -2.22. The van der Waals surface area contributed by atoms with Crippen LogP contribution in [0.4, 0.5) is 0 Å². The van der Waals surface area contributed by atoms with Crippen LogP contribution in [0.15, 0.2) is 0 Å². The summed E-state index contributed by atoms with van der Waals surface area (Å²) in [5, 5.41) is -0.0726. The topological polar surface area (TPSA) is 43.1 Å². The second kappa shape index (κ2) is 6.38. The number of carbonyl (C=O) groups excluding carboxylic acids is 1. The smallest absolute Gasteiger partial charge is 0.200 e. The zero-order valence-corrected chi connectivity index (χ0v) is 11.3. The van der Waals surface area contributed by atoms with Crippen molar-refractivity contribution in [1.82, 2.24) is 0 Å². The minimum Gasteiger partial charge on any atom is -0.393 e. The normalized spacial score (nSPS) is 13.7. The summed E-state index contributed by atoms with van der Waals surface area (Å²) in [6, 6.07) is 0. The Morgan fingerprint density at radius 2 is 2.07 bits per heavy atom. The molecule has 2 N–H and O–H groups in total. The van der Waals surface area contributed by atoms with E-state index in [-0.39, 0.29) is 16.5 Å². The van der Waals surface area contributed by atoms with E-state index in [1.165, 1.54) is 0 Å². The summed E-state index contributed by atoms with van der Waals surface area (Å²) >= 11 is 22.8. The summed E-state index contributed by atoms with van der Waals surface area (Å²) in [6.45, 7) is 1.87. The molecule has 0 aromatic carbocycles. The zero-order valence-electron chi connectivity index (χ0n) is 7.43. The van der Waals surface area contributed by atoms with Crippen LogP contribution in [0, 0.1) is 5.92 Å². The lowest BCUT2D eigenvalue weighted by atomic mass is 10.1. The molecular weight excluding hydrogens is 285 g/mol. The average Bonchev–Trinajstić information content (AvgIpc) is 1.98. The Bertz CT molecular complexity index is 229. The molecule has 82 valence electrons. The first kappa shape index (κ1) is 14.8. The fraction of sp³-hybridized carbons (Fsp3) is 0.714. The molecule has 14 heavy (non-hydrogen) atoms. The van der Waals surface area contributed by atoms with Crippen LogP contribution in [-0.2, 0) is 4.79 Å². The van der Waals surface area contributed by atoms with E-state index in [9.17, 15) is 4.79 Å². The lowest BCUT2D eigenvalue weighted by molar-refractivity contribution is -0.111. The van der Waals surface area contributed by atoms with Crippen LogP contribution >= 0.6 is 58.8 Å². The van der Waals surface area contributed by atoms with E-state index in [2.05, 4.69) is 0 Å². The lowest BCUT2D eigenvalue weighted by Crippen LogP contribution is -2.33. The van der Waals surface area contributed by atoms with Crippen molar-refractivity contribution < 1.29 is 4.79 Å². The van der Waals surface area contributed by atoms with Crippen molar-refractivity contribution in [2.45, 2.75) is 17.1 Å². The van der Waals surface area contributed by atoms with Crippen molar-refractivity contribution >= 4 is 68.9 Å². The van der Waals surface area contributed by atoms with Gasteiger partial charge in [0.05, 0.1) is 10.9 Å². The second-order valence-corrected chi connectivity index (χ2v) is 6.67. The van der Waals surface area contributed by atoms with Crippen LogP contribution in [-0.4, -0.2) is 19.6 Å². The first-order valence-electron chi connectivity index (χ1n) is 3.80. The Kier molecular flexibility index (Phi) is 6.74. The van der Waals surface area contributed by atoms with Gasteiger partial charge in [0.25, 0.3) is 0 Å². The van der Waals surface area contributed by atoms with Gasteiger partial charge in [-0.25, -0.2) is 0 Å². The second-order valence-electron chi connectivity index (χ2n) is 2.51. The Morgan fingerprint density at radius 1 is 1.57 bits per heavy atom. The number of alkyl halides is 3. The van der Waals surface area contributed by atoms with Crippen molar-refractivity contribution in [3.05, 3.63) is 0 Å². The van der Waals surface area contributed by atoms with Gasteiger partial charge in [0.2, 0.25) is 0 Å². The van der Waals surface area contributed by atoms with E-state index < -0.39 is 9.71 Å². The van der Waals surface area contributed by atoms with Gasteiger partial charge in [-0.05, 0) is 5.75 Å². The van der Waals surface area contributed by atoms with Crippen molar-refractivity contribution in [3.63, 3.8) is 0 Å². The Morgan fingerprint density at radius 3 is 2.36 bits per heavy atom. The summed E-state index contributed by atoms with van der Waals surface area (Å²) in [5.74, 6) is -0.0167. The summed E-state index contributed by atoms with van der Waals surface area (Å²) in [5.41, 5.74) is 5.38. The minimum atomic E-state index is -1.62. The molecular formula is C7H10Cl3NOS2. The molecule has 0 aromatic rings. The molecule has 0 spiro atoms. The van der Waals surface area contributed by atoms with E-state index in [4.69, 9.17) is 52.8 Å². The van der Waals surface area contributed by atoms with Crippen molar-refractivity contribution in [2.75, 3.05) is 5.75 Å². The standard InChI is InChI=1S/C7H10Cl3NOS2/c1-2-14-5(12)3-4(6(11)13)7(8,9)10/h4H,2-3H2,1H3,(H2,11,13). The number of rotatable bonds is 4. The highest BCUT2D eigenvalue weighted by molar-refractivity contribution is 8.13. The molecule has 0 aliphatic carbocycles. The third-order valence-electron chi connectivity index (χ3n) is 1.41. The highest BCUT2D eigenvalue weighted by Gasteiger charge is 2.36. The minimum absolute atomic E-state index is 0.0510. The summed E-state index contributed by atoms with van der Waals surface area (Å²) in [4.78, 5) is 11.3. The van der Waals surface area contributed by atoms with Crippen LogP contribution in [0.3, 0.4) is 0 Å². The van der Waals surface area contributed by atoms with Gasteiger partial charge in [-0.3, -0.25) is 4.79 Å². The number of hydrogen-bond acceptors (Lipinski definition) is 3. The predicted molar refractivity (Wildman–Crippen MR) is 68.3 cm³/mol. The van der Waals surface area contributed by atoms with Gasteiger partial charge in [-0.1, -0.05) is 65.7 Å². The van der Waals surface area contributed by atoms with Gasteiger partial charge in [0, 0.05) is 6.42 Å². The van der Waals surface area contributed by atoms with Gasteiger partial charge in [-0.2, -0.15) is 0 Å². The van der Waals surface area contributed by atoms with E-state index in [1.54, 1.807) is 0 Å². The fourth-order valence-electron chi connectivity index (χ4n) is 0.764. The van der Waals surface area contributed by atoms with Crippen LogP contribution in [0.2, 0.25) is 0 Å². The van der Waals surface area contributed by atoms with Crippen LogP contribution < -0.4 is 5.73 Å². The van der Waals surface area contributed by atoms with E-state index in [1.807, 2.05) is 6.92 Å². The number of halogens is 3. The molecule has 0 amide bonds. The van der Waals surface area contributed by atoms with Crippen LogP contribution in [0.5, 0.6) is 0 Å². The number of carbonyl (C=O) groups is 1. The fourth-order valence-corrected chi connectivity index (χ4v) is 2.41. The quantitative estimate of drug-likeness (QED) is 0.639. The van der Waals surface area contributed by atoms with Gasteiger partial charge >= 0.3 is 0 Å². The Hall–Kier alpha value is 0.780. The summed E-state index contributed by atoms with van der Waals surface area (Å²) in [6.07, 6.45) is 0.0599. The number of thiocarbonyl (C=S) groups is 1. The van der Waals surface area contributed by atoms with Gasteiger partial charge in [-0.15, -0.1) is 0 Å². The molecule has 0 bridgehead atoms. The molecule has 1 unspecified atom stereocenters. The molecule has 0 aromatic heterocycles. The maximum atomic E-state index is 11.3. The molecule has 0 saturated heterocycles. The van der Waals surface area contributed by atoms with Gasteiger partial charge < -0.3 is 5.73 Å². The SMILES string of the molecule is CCSC(=O)CC(C(N)=S)C(Cl)(Cl)Cl. The maximum absolute atomic E-state index is 11.3. The number of nitrogens with two attached hydrogens (primary N) is 1. The molecule has 0 radical (unpaired) electrons. The first-order chi connectivity index (χ1) is 6.29. The monoisotopic (exact) mass is 293 g/mol. The Labute approximate surface area is 108 Å². The zero-order chi connectivity index (χ0) is 11.4.